The first-order valence-electron chi connectivity index (χ1n) is 7.21. The summed E-state index contributed by atoms with van der Waals surface area (Å²) in [5.41, 5.74) is 0.973. The summed E-state index contributed by atoms with van der Waals surface area (Å²) in [6.45, 7) is 1.30. The number of sulfonamides is 1. The molecule has 1 fully saturated rings. The summed E-state index contributed by atoms with van der Waals surface area (Å²) in [6, 6.07) is 1.76. The minimum Gasteiger partial charge on any atom is -0.352 e. The van der Waals surface area contributed by atoms with E-state index in [1.807, 2.05) is 18.7 Å². The molecule has 0 aliphatic heterocycles. The van der Waals surface area contributed by atoms with Crippen molar-refractivity contribution in [3.63, 3.8) is 0 Å². The lowest BCUT2D eigenvalue weighted by molar-refractivity contribution is 0.387. The molecule has 2 rings (SSSR count). The van der Waals surface area contributed by atoms with Crippen molar-refractivity contribution in [2.75, 3.05) is 20.6 Å². The fourth-order valence-electron chi connectivity index (χ4n) is 2.91. The Kier molecular flexibility index (Phi) is 4.88. The second kappa shape index (κ2) is 6.28. The van der Waals surface area contributed by atoms with Gasteiger partial charge in [-0.05, 0) is 31.9 Å². The van der Waals surface area contributed by atoms with Crippen molar-refractivity contribution in [3.05, 3.63) is 18.0 Å². The fraction of sp³-hybridized carbons (Fsp3) is 0.714. The third-order valence-corrected chi connectivity index (χ3v) is 5.93. The average molecular weight is 299 g/mol. The molecular formula is C14H25N3O2S. The number of hydrogen-bond acceptors (Lipinski definition) is 3. The lowest BCUT2D eigenvalue weighted by atomic mass is 10.1. The Morgan fingerprint density at radius 1 is 1.40 bits per heavy atom. The van der Waals surface area contributed by atoms with E-state index >= 15 is 0 Å². The van der Waals surface area contributed by atoms with Crippen LogP contribution < -0.4 is 5.32 Å². The van der Waals surface area contributed by atoms with Crippen molar-refractivity contribution in [1.82, 2.24) is 14.2 Å². The smallest absolute Gasteiger partial charge is 0.244 e. The summed E-state index contributed by atoms with van der Waals surface area (Å²) in [5.74, 6) is 0.523. The zero-order chi connectivity index (χ0) is 14.8. The third kappa shape index (κ3) is 3.24. The van der Waals surface area contributed by atoms with Gasteiger partial charge in [0.25, 0.3) is 0 Å². The zero-order valence-corrected chi connectivity index (χ0v) is 13.4. The van der Waals surface area contributed by atoms with E-state index < -0.39 is 10.0 Å². The molecule has 5 nitrogen and oxygen atoms in total. The first-order valence-corrected chi connectivity index (χ1v) is 8.65. The number of nitrogens with one attached hydrogen (secondary N) is 1. The highest BCUT2D eigenvalue weighted by Crippen LogP contribution is 2.27. The van der Waals surface area contributed by atoms with E-state index in [2.05, 4.69) is 5.32 Å². The van der Waals surface area contributed by atoms with Crippen molar-refractivity contribution < 1.29 is 8.42 Å². The van der Waals surface area contributed by atoms with Gasteiger partial charge in [0, 0.05) is 39.1 Å². The van der Waals surface area contributed by atoms with Gasteiger partial charge in [-0.2, -0.15) is 0 Å². The van der Waals surface area contributed by atoms with Gasteiger partial charge in [-0.1, -0.05) is 12.8 Å². The molecular weight excluding hydrogens is 274 g/mol. The van der Waals surface area contributed by atoms with Gasteiger partial charge in [0.15, 0.2) is 0 Å². The van der Waals surface area contributed by atoms with Crippen molar-refractivity contribution >= 4 is 10.0 Å². The van der Waals surface area contributed by atoms with Crippen LogP contribution in [0.5, 0.6) is 0 Å². The van der Waals surface area contributed by atoms with E-state index in [-0.39, 0.29) is 0 Å². The van der Waals surface area contributed by atoms with Crippen molar-refractivity contribution in [2.45, 2.75) is 37.1 Å². The van der Waals surface area contributed by atoms with Crippen LogP contribution in [-0.2, 0) is 23.6 Å². The summed E-state index contributed by atoms with van der Waals surface area (Å²) in [5, 5.41) is 3.05. The maximum atomic E-state index is 12.6. The van der Waals surface area contributed by atoms with Crippen LogP contribution in [-0.4, -0.2) is 37.9 Å². The highest BCUT2D eigenvalue weighted by molar-refractivity contribution is 7.89. The first kappa shape index (κ1) is 15.5. The molecule has 0 atom stereocenters. The molecule has 1 N–H and O–H groups in total. The van der Waals surface area contributed by atoms with Crippen LogP contribution in [0.2, 0.25) is 0 Å². The van der Waals surface area contributed by atoms with Crippen LogP contribution in [0.1, 0.15) is 31.4 Å². The predicted octanol–water partition coefficient (Wildman–Crippen LogP) is 1.56. The number of nitrogens with zero attached hydrogens (tertiary/aromatic N) is 2. The van der Waals surface area contributed by atoms with E-state index in [1.54, 1.807) is 19.3 Å². The minimum atomic E-state index is -3.36. The lowest BCUT2D eigenvalue weighted by Gasteiger charge is -2.20. The number of rotatable bonds is 6. The number of aryl methyl sites for hydroxylation is 1. The highest BCUT2D eigenvalue weighted by atomic mass is 32.2. The molecule has 0 unspecified atom stereocenters. The van der Waals surface area contributed by atoms with Gasteiger partial charge in [0.1, 0.15) is 4.90 Å². The van der Waals surface area contributed by atoms with Crippen LogP contribution in [0.15, 0.2) is 17.2 Å². The maximum Gasteiger partial charge on any atom is 0.244 e. The Morgan fingerprint density at radius 2 is 2.05 bits per heavy atom. The van der Waals surface area contributed by atoms with Gasteiger partial charge in [-0.15, -0.1) is 0 Å². The molecule has 0 bridgehead atoms. The second-order valence-corrected chi connectivity index (χ2v) is 7.79. The van der Waals surface area contributed by atoms with Crippen molar-refractivity contribution in [1.29, 1.82) is 0 Å². The topological polar surface area (TPSA) is 54.3 Å². The van der Waals surface area contributed by atoms with E-state index in [1.165, 1.54) is 17.1 Å². The SMILES string of the molecule is CNCc1cc(S(=O)(=O)N(C)CC2CCCC2)cn1C. The molecule has 0 radical (unpaired) electrons. The van der Waals surface area contributed by atoms with Crippen LogP contribution in [0.3, 0.4) is 0 Å². The Labute approximate surface area is 122 Å². The minimum absolute atomic E-state index is 0.394. The first-order chi connectivity index (χ1) is 9.45. The van der Waals surface area contributed by atoms with Gasteiger partial charge >= 0.3 is 0 Å². The molecule has 114 valence electrons. The number of aromatic nitrogens is 1. The highest BCUT2D eigenvalue weighted by Gasteiger charge is 2.26. The molecule has 1 aromatic rings. The van der Waals surface area contributed by atoms with E-state index in [0.717, 1.165) is 18.5 Å². The van der Waals surface area contributed by atoms with Crippen LogP contribution in [0, 0.1) is 5.92 Å². The fourth-order valence-corrected chi connectivity index (χ4v) is 4.25. The molecule has 0 saturated heterocycles. The molecule has 6 heteroatoms. The lowest BCUT2D eigenvalue weighted by Crippen LogP contribution is -2.31. The molecule has 0 amide bonds. The average Bonchev–Trinajstić information content (AvgIpc) is 3.01. The predicted molar refractivity (Wildman–Crippen MR) is 80.0 cm³/mol. The van der Waals surface area contributed by atoms with Gasteiger partial charge in [0.2, 0.25) is 10.0 Å². The summed E-state index contributed by atoms with van der Waals surface area (Å²) >= 11 is 0. The summed E-state index contributed by atoms with van der Waals surface area (Å²) in [6.07, 6.45) is 6.47. The van der Waals surface area contributed by atoms with Crippen LogP contribution >= 0.6 is 0 Å². The molecule has 1 aliphatic carbocycles. The van der Waals surface area contributed by atoms with Gasteiger partial charge in [-0.3, -0.25) is 0 Å². The van der Waals surface area contributed by atoms with Gasteiger partial charge in [-0.25, -0.2) is 12.7 Å². The zero-order valence-electron chi connectivity index (χ0n) is 12.6. The third-order valence-electron chi connectivity index (χ3n) is 4.14. The summed E-state index contributed by atoms with van der Waals surface area (Å²) in [4.78, 5) is 0.394. The number of hydrogen-bond donors (Lipinski definition) is 1. The molecule has 1 saturated carbocycles. The monoisotopic (exact) mass is 299 g/mol. The molecule has 0 spiro atoms. The molecule has 1 aliphatic rings. The largest absolute Gasteiger partial charge is 0.352 e. The standard InChI is InChI=1S/C14H25N3O2S/c1-15-9-13-8-14(11-16(13)2)20(18,19)17(3)10-12-6-4-5-7-12/h8,11-12,15H,4-7,9-10H2,1-3H3. The van der Waals surface area contributed by atoms with Crippen LogP contribution in [0.25, 0.3) is 0 Å². The Bertz CT molecular complexity index is 545. The normalized spacial score (nSPS) is 17.2. The van der Waals surface area contributed by atoms with E-state index in [4.69, 9.17) is 0 Å². The van der Waals surface area contributed by atoms with Gasteiger partial charge in [0.05, 0.1) is 0 Å². The quantitative estimate of drug-likeness (QED) is 0.867. The van der Waals surface area contributed by atoms with Gasteiger partial charge < -0.3 is 9.88 Å². The van der Waals surface area contributed by atoms with E-state index in [0.29, 0.717) is 23.9 Å². The van der Waals surface area contributed by atoms with E-state index in [9.17, 15) is 8.42 Å². The Morgan fingerprint density at radius 3 is 2.65 bits per heavy atom. The molecule has 0 aromatic carbocycles. The second-order valence-electron chi connectivity index (χ2n) is 5.74. The maximum absolute atomic E-state index is 12.6. The summed E-state index contributed by atoms with van der Waals surface area (Å²) in [7, 11) is 2.06. The summed E-state index contributed by atoms with van der Waals surface area (Å²) < 4.78 is 28.5. The Hall–Kier alpha value is -0.850. The van der Waals surface area contributed by atoms with Crippen molar-refractivity contribution in [3.8, 4) is 0 Å². The van der Waals surface area contributed by atoms with Crippen LogP contribution in [0.4, 0.5) is 0 Å². The Balaban J connectivity index is 2.14. The molecule has 20 heavy (non-hydrogen) atoms. The molecule has 1 heterocycles. The molecule has 1 aromatic heterocycles. The van der Waals surface area contributed by atoms with Crippen molar-refractivity contribution in [2.24, 2.45) is 13.0 Å².